The fourth-order valence-corrected chi connectivity index (χ4v) is 2.09. The van der Waals surface area contributed by atoms with Gasteiger partial charge in [-0.2, -0.15) is 0 Å². The third-order valence-corrected chi connectivity index (χ3v) is 3.19. The second-order valence-corrected chi connectivity index (χ2v) is 4.62. The Balaban J connectivity index is 0.00000225. The maximum atomic E-state index is 11.8. The number of carbonyl (C=O) groups is 1. The summed E-state index contributed by atoms with van der Waals surface area (Å²) < 4.78 is 0. The summed E-state index contributed by atoms with van der Waals surface area (Å²) in [6, 6.07) is 0. The van der Waals surface area contributed by atoms with Crippen molar-refractivity contribution in [1.82, 2.24) is 10.2 Å². The first-order valence-electron chi connectivity index (χ1n) is 6.16. The second-order valence-electron chi connectivity index (χ2n) is 4.62. The zero-order valence-corrected chi connectivity index (χ0v) is 11.3. The molecule has 0 aromatic rings. The molecule has 16 heavy (non-hydrogen) atoms. The molecule has 1 unspecified atom stereocenters. The van der Waals surface area contributed by atoms with Gasteiger partial charge in [-0.3, -0.25) is 4.79 Å². The minimum atomic E-state index is 0. The minimum absolute atomic E-state index is 0. The molecule has 1 N–H and O–H groups in total. The van der Waals surface area contributed by atoms with Gasteiger partial charge in [0.2, 0.25) is 5.91 Å². The van der Waals surface area contributed by atoms with Crippen LogP contribution in [-0.4, -0.2) is 37.5 Å². The molecule has 96 valence electrons. The Bertz CT molecular complexity index is 199. The standard InChI is InChI=1S/C12H24N2O.ClH/c1-11-5-4-9-14(10-7-11)12(15)6-3-8-13-2;/h11,13H,3-10H2,1-2H3;1H. The molecule has 0 aromatic carbocycles. The highest BCUT2D eigenvalue weighted by Gasteiger charge is 2.17. The maximum Gasteiger partial charge on any atom is 0.222 e. The van der Waals surface area contributed by atoms with E-state index in [1.807, 2.05) is 7.05 Å². The third-order valence-electron chi connectivity index (χ3n) is 3.19. The molecule has 3 nitrogen and oxygen atoms in total. The highest BCUT2D eigenvalue weighted by atomic mass is 35.5. The van der Waals surface area contributed by atoms with Crippen molar-refractivity contribution in [3.8, 4) is 0 Å². The van der Waals surface area contributed by atoms with E-state index in [2.05, 4.69) is 17.1 Å². The molecule has 0 bridgehead atoms. The molecule has 1 saturated heterocycles. The fraction of sp³-hybridized carbons (Fsp3) is 0.917. The summed E-state index contributed by atoms with van der Waals surface area (Å²) in [5.41, 5.74) is 0. The summed E-state index contributed by atoms with van der Waals surface area (Å²) in [7, 11) is 1.93. The van der Waals surface area contributed by atoms with Crippen LogP contribution in [0.2, 0.25) is 0 Å². The van der Waals surface area contributed by atoms with E-state index in [9.17, 15) is 4.79 Å². The van der Waals surface area contributed by atoms with Crippen LogP contribution in [-0.2, 0) is 4.79 Å². The summed E-state index contributed by atoms with van der Waals surface area (Å²) in [5, 5.41) is 3.07. The molecule has 1 aliphatic rings. The molecule has 1 heterocycles. The zero-order valence-electron chi connectivity index (χ0n) is 10.5. The monoisotopic (exact) mass is 248 g/mol. The van der Waals surface area contributed by atoms with Crippen molar-refractivity contribution in [3.05, 3.63) is 0 Å². The Hall–Kier alpha value is -0.280. The SMILES string of the molecule is CNCCCC(=O)N1CCCC(C)CC1.Cl. The van der Waals surface area contributed by atoms with Crippen molar-refractivity contribution in [2.45, 2.75) is 39.0 Å². The lowest BCUT2D eigenvalue weighted by molar-refractivity contribution is -0.131. The predicted molar refractivity (Wildman–Crippen MR) is 70.0 cm³/mol. The molecule has 0 aliphatic carbocycles. The number of hydrogen-bond donors (Lipinski definition) is 1. The van der Waals surface area contributed by atoms with E-state index in [0.29, 0.717) is 12.3 Å². The van der Waals surface area contributed by atoms with E-state index < -0.39 is 0 Å². The number of nitrogens with one attached hydrogen (secondary N) is 1. The largest absolute Gasteiger partial charge is 0.343 e. The van der Waals surface area contributed by atoms with E-state index in [0.717, 1.165) is 32.0 Å². The normalized spacial score (nSPS) is 21.1. The van der Waals surface area contributed by atoms with E-state index in [1.165, 1.54) is 19.3 Å². The molecule has 0 saturated carbocycles. The van der Waals surface area contributed by atoms with Crippen LogP contribution in [0.4, 0.5) is 0 Å². The summed E-state index contributed by atoms with van der Waals surface area (Å²) in [6.45, 7) is 5.17. The molecule has 1 atom stereocenters. The van der Waals surface area contributed by atoms with Crippen molar-refractivity contribution in [2.75, 3.05) is 26.7 Å². The summed E-state index contributed by atoms with van der Waals surface area (Å²) >= 11 is 0. The molecule has 0 spiro atoms. The van der Waals surface area contributed by atoms with Crippen LogP contribution in [0, 0.1) is 5.92 Å². The molecule has 1 fully saturated rings. The van der Waals surface area contributed by atoms with Gasteiger partial charge in [-0.25, -0.2) is 0 Å². The second kappa shape index (κ2) is 8.82. The van der Waals surface area contributed by atoms with Gasteiger partial charge in [-0.15, -0.1) is 12.4 Å². The third kappa shape index (κ3) is 5.71. The first kappa shape index (κ1) is 15.7. The molecule has 1 rings (SSSR count). The number of likely N-dealkylation sites (tertiary alicyclic amines) is 1. The highest BCUT2D eigenvalue weighted by Crippen LogP contribution is 2.17. The molecule has 1 amide bonds. The molecular weight excluding hydrogens is 224 g/mol. The van der Waals surface area contributed by atoms with E-state index >= 15 is 0 Å². The van der Waals surface area contributed by atoms with Gasteiger partial charge in [-0.05, 0) is 45.2 Å². The first-order valence-corrected chi connectivity index (χ1v) is 6.16. The quantitative estimate of drug-likeness (QED) is 0.773. The Morgan fingerprint density at radius 1 is 1.38 bits per heavy atom. The number of halogens is 1. The van der Waals surface area contributed by atoms with Crippen LogP contribution in [0.5, 0.6) is 0 Å². The highest BCUT2D eigenvalue weighted by molar-refractivity contribution is 5.85. The number of hydrogen-bond acceptors (Lipinski definition) is 2. The number of nitrogens with zero attached hydrogens (tertiary/aromatic N) is 1. The molecular formula is C12H25ClN2O. The molecule has 0 aromatic heterocycles. The Kier molecular flexibility index (Phi) is 8.67. The predicted octanol–water partition coefficient (Wildman–Crippen LogP) is 2.06. The van der Waals surface area contributed by atoms with Crippen molar-refractivity contribution in [2.24, 2.45) is 5.92 Å². The summed E-state index contributed by atoms with van der Waals surface area (Å²) in [4.78, 5) is 13.9. The van der Waals surface area contributed by atoms with Crippen molar-refractivity contribution >= 4 is 18.3 Å². The van der Waals surface area contributed by atoms with Gasteiger partial charge in [0.1, 0.15) is 0 Å². The number of amides is 1. The average Bonchev–Trinajstić information content (AvgIpc) is 2.43. The lowest BCUT2D eigenvalue weighted by Gasteiger charge is -2.20. The Morgan fingerprint density at radius 2 is 2.12 bits per heavy atom. The van der Waals surface area contributed by atoms with Crippen LogP contribution < -0.4 is 5.32 Å². The minimum Gasteiger partial charge on any atom is -0.343 e. The van der Waals surface area contributed by atoms with Crippen LogP contribution in [0.25, 0.3) is 0 Å². The Labute approximate surface area is 105 Å². The smallest absolute Gasteiger partial charge is 0.222 e. The zero-order chi connectivity index (χ0) is 11.1. The van der Waals surface area contributed by atoms with E-state index in [4.69, 9.17) is 0 Å². The summed E-state index contributed by atoms with van der Waals surface area (Å²) in [6.07, 6.45) is 5.30. The van der Waals surface area contributed by atoms with E-state index in [1.54, 1.807) is 0 Å². The van der Waals surface area contributed by atoms with Crippen LogP contribution in [0.1, 0.15) is 39.0 Å². The topological polar surface area (TPSA) is 32.3 Å². The van der Waals surface area contributed by atoms with Crippen LogP contribution >= 0.6 is 12.4 Å². The first-order chi connectivity index (χ1) is 7.24. The van der Waals surface area contributed by atoms with Crippen molar-refractivity contribution in [3.63, 3.8) is 0 Å². The molecule has 4 heteroatoms. The fourth-order valence-electron chi connectivity index (χ4n) is 2.09. The van der Waals surface area contributed by atoms with Crippen LogP contribution in [0.3, 0.4) is 0 Å². The lowest BCUT2D eigenvalue weighted by Crippen LogP contribution is -2.32. The maximum absolute atomic E-state index is 11.8. The van der Waals surface area contributed by atoms with Gasteiger partial charge in [0.25, 0.3) is 0 Å². The molecule has 0 radical (unpaired) electrons. The van der Waals surface area contributed by atoms with Gasteiger partial charge in [0.05, 0.1) is 0 Å². The van der Waals surface area contributed by atoms with Crippen molar-refractivity contribution < 1.29 is 4.79 Å². The Morgan fingerprint density at radius 3 is 2.81 bits per heavy atom. The van der Waals surface area contributed by atoms with Crippen molar-refractivity contribution in [1.29, 1.82) is 0 Å². The molecule has 1 aliphatic heterocycles. The summed E-state index contributed by atoms with van der Waals surface area (Å²) in [5.74, 6) is 1.14. The van der Waals surface area contributed by atoms with Gasteiger partial charge in [-0.1, -0.05) is 6.92 Å². The lowest BCUT2D eigenvalue weighted by atomic mass is 10.0. The number of carbonyl (C=O) groups excluding carboxylic acids is 1. The average molecular weight is 249 g/mol. The van der Waals surface area contributed by atoms with Crippen LogP contribution in [0.15, 0.2) is 0 Å². The van der Waals surface area contributed by atoms with Gasteiger partial charge >= 0.3 is 0 Å². The number of rotatable bonds is 4. The van der Waals surface area contributed by atoms with Gasteiger partial charge < -0.3 is 10.2 Å². The van der Waals surface area contributed by atoms with E-state index in [-0.39, 0.29) is 12.4 Å². The van der Waals surface area contributed by atoms with Gasteiger partial charge in [0, 0.05) is 19.5 Å². The van der Waals surface area contributed by atoms with Gasteiger partial charge in [0.15, 0.2) is 0 Å².